The highest BCUT2D eigenvalue weighted by Gasteiger charge is 2.16. The summed E-state index contributed by atoms with van der Waals surface area (Å²) < 4.78 is 7.95. The van der Waals surface area contributed by atoms with Crippen molar-refractivity contribution in [2.45, 2.75) is 46.1 Å². The molecular formula is C24H28N4O2. The van der Waals surface area contributed by atoms with Crippen molar-refractivity contribution in [2.24, 2.45) is 5.92 Å². The number of aromatic nitrogens is 3. The first-order valence-corrected chi connectivity index (χ1v) is 10.7. The summed E-state index contributed by atoms with van der Waals surface area (Å²) in [4.78, 5) is 12.7. The minimum atomic E-state index is -0.158. The largest absolute Gasteiger partial charge is 0.493 e. The van der Waals surface area contributed by atoms with E-state index in [9.17, 15) is 4.79 Å². The fourth-order valence-corrected chi connectivity index (χ4v) is 3.59. The summed E-state index contributed by atoms with van der Waals surface area (Å²) in [6, 6.07) is 15.1. The molecule has 0 unspecified atom stereocenters. The average Bonchev–Trinajstić information content (AvgIpc) is 3.01. The topological polar surface area (TPSA) is 69.0 Å². The van der Waals surface area contributed by atoms with Gasteiger partial charge in [0, 0.05) is 29.8 Å². The molecule has 1 amide bonds. The number of fused-ring (bicyclic) bond motifs is 1. The van der Waals surface area contributed by atoms with Gasteiger partial charge >= 0.3 is 0 Å². The van der Waals surface area contributed by atoms with Gasteiger partial charge in [-0.25, -0.2) is 0 Å². The first-order valence-electron chi connectivity index (χ1n) is 10.7. The monoisotopic (exact) mass is 404 g/mol. The number of rotatable bonds is 6. The SMILES string of the molecule is CC(C)COc1cccc(C(=O)Nc2ccc(-c3nnc4n3CCCCC4)cc2)c1. The molecule has 2 aromatic carbocycles. The normalized spacial score (nSPS) is 13.6. The molecule has 6 heteroatoms. The Bertz CT molecular complexity index is 1010. The molecule has 0 fully saturated rings. The number of hydrogen-bond donors (Lipinski definition) is 1. The fourth-order valence-electron chi connectivity index (χ4n) is 3.59. The van der Waals surface area contributed by atoms with Crippen molar-refractivity contribution >= 4 is 11.6 Å². The van der Waals surface area contributed by atoms with Gasteiger partial charge in [-0.15, -0.1) is 10.2 Å². The first-order chi connectivity index (χ1) is 14.6. The molecule has 1 aromatic heterocycles. The molecule has 0 atom stereocenters. The van der Waals surface area contributed by atoms with Crippen LogP contribution < -0.4 is 10.1 Å². The molecule has 1 aliphatic heterocycles. The number of benzene rings is 2. The van der Waals surface area contributed by atoms with Crippen molar-refractivity contribution in [1.29, 1.82) is 0 Å². The fraction of sp³-hybridized carbons (Fsp3) is 0.375. The Balaban J connectivity index is 1.45. The Morgan fingerprint density at radius 3 is 2.73 bits per heavy atom. The number of nitrogens with one attached hydrogen (secondary N) is 1. The van der Waals surface area contributed by atoms with E-state index in [1.165, 1.54) is 12.8 Å². The van der Waals surface area contributed by atoms with Crippen LogP contribution in [0.3, 0.4) is 0 Å². The van der Waals surface area contributed by atoms with Crippen LogP contribution in [0.4, 0.5) is 5.69 Å². The number of amides is 1. The smallest absolute Gasteiger partial charge is 0.255 e. The summed E-state index contributed by atoms with van der Waals surface area (Å²) >= 11 is 0. The van der Waals surface area contributed by atoms with Gasteiger partial charge in [0.25, 0.3) is 5.91 Å². The average molecular weight is 405 g/mol. The molecule has 0 bridgehead atoms. The number of aryl methyl sites for hydroxylation is 1. The van der Waals surface area contributed by atoms with E-state index in [1.807, 2.05) is 36.4 Å². The lowest BCUT2D eigenvalue weighted by Crippen LogP contribution is -2.12. The summed E-state index contributed by atoms with van der Waals surface area (Å²) in [6.45, 7) is 5.78. The third kappa shape index (κ3) is 4.70. The Morgan fingerprint density at radius 2 is 1.93 bits per heavy atom. The Labute approximate surface area is 177 Å². The highest BCUT2D eigenvalue weighted by atomic mass is 16.5. The maximum atomic E-state index is 12.7. The van der Waals surface area contributed by atoms with Gasteiger partial charge in [-0.2, -0.15) is 0 Å². The molecule has 4 rings (SSSR count). The predicted octanol–water partition coefficient (Wildman–Crippen LogP) is 4.96. The van der Waals surface area contributed by atoms with E-state index in [4.69, 9.17) is 4.74 Å². The van der Waals surface area contributed by atoms with Gasteiger partial charge in [0.2, 0.25) is 0 Å². The quantitative estimate of drug-likeness (QED) is 0.630. The lowest BCUT2D eigenvalue weighted by atomic mass is 10.1. The van der Waals surface area contributed by atoms with Crippen molar-refractivity contribution in [3.8, 4) is 17.1 Å². The highest BCUT2D eigenvalue weighted by molar-refractivity contribution is 6.04. The van der Waals surface area contributed by atoms with E-state index in [1.54, 1.807) is 12.1 Å². The van der Waals surface area contributed by atoms with E-state index >= 15 is 0 Å². The minimum absolute atomic E-state index is 0.158. The molecule has 0 spiro atoms. The van der Waals surface area contributed by atoms with Crippen LogP contribution in [-0.2, 0) is 13.0 Å². The third-order valence-electron chi connectivity index (χ3n) is 5.19. The van der Waals surface area contributed by atoms with Gasteiger partial charge in [-0.1, -0.05) is 26.3 Å². The summed E-state index contributed by atoms with van der Waals surface area (Å²) in [5.41, 5.74) is 2.33. The van der Waals surface area contributed by atoms with E-state index in [0.717, 1.165) is 42.3 Å². The molecule has 3 aromatic rings. The van der Waals surface area contributed by atoms with Crippen molar-refractivity contribution < 1.29 is 9.53 Å². The van der Waals surface area contributed by atoms with Gasteiger partial charge in [0.15, 0.2) is 5.82 Å². The van der Waals surface area contributed by atoms with Crippen LogP contribution in [0, 0.1) is 5.92 Å². The van der Waals surface area contributed by atoms with Gasteiger partial charge in [-0.05, 0) is 61.2 Å². The van der Waals surface area contributed by atoms with Gasteiger partial charge in [0.1, 0.15) is 11.6 Å². The van der Waals surface area contributed by atoms with Crippen LogP contribution in [0.25, 0.3) is 11.4 Å². The molecule has 1 aliphatic rings. The van der Waals surface area contributed by atoms with Crippen molar-refractivity contribution in [1.82, 2.24) is 14.8 Å². The Morgan fingerprint density at radius 1 is 1.10 bits per heavy atom. The molecule has 0 radical (unpaired) electrons. The van der Waals surface area contributed by atoms with Crippen LogP contribution in [0.2, 0.25) is 0 Å². The van der Waals surface area contributed by atoms with Crippen molar-refractivity contribution in [3.63, 3.8) is 0 Å². The molecular weight excluding hydrogens is 376 g/mol. The van der Waals surface area contributed by atoms with Gasteiger partial charge in [-0.3, -0.25) is 4.79 Å². The van der Waals surface area contributed by atoms with Crippen LogP contribution in [0.1, 0.15) is 49.3 Å². The molecule has 30 heavy (non-hydrogen) atoms. The third-order valence-corrected chi connectivity index (χ3v) is 5.19. The maximum absolute atomic E-state index is 12.7. The molecule has 2 heterocycles. The number of nitrogens with zero attached hydrogens (tertiary/aromatic N) is 3. The van der Waals surface area contributed by atoms with Crippen molar-refractivity contribution in [2.75, 3.05) is 11.9 Å². The first kappa shape index (κ1) is 20.1. The predicted molar refractivity (Wildman–Crippen MR) is 118 cm³/mol. The Hall–Kier alpha value is -3.15. The molecule has 1 N–H and O–H groups in total. The lowest BCUT2D eigenvalue weighted by Gasteiger charge is -2.11. The van der Waals surface area contributed by atoms with Gasteiger partial charge < -0.3 is 14.6 Å². The molecule has 156 valence electrons. The molecule has 6 nitrogen and oxygen atoms in total. The number of ether oxygens (including phenoxy) is 1. The lowest BCUT2D eigenvalue weighted by molar-refractivity contribution is 0.102. The summed E-state index contributed by atoms with van der Waals surface area (Å²) in [5.74, 6) is 2.95. The van der Waals surface area contributed by atoms with Crippen molar-refractivity contribution in [3.05, 3.63) is 59.9 Å². The Kier molecular flexibility index (Phi) is 6.12. The second-order valence-electron chi connectivity index (χ2n) is 8.17. The second-order valence-corrected chi connectivity index (χ2v) is 8.17. The van der Waals surface area contributed by atoms with E-state index < -0.39 is 0 Å². The maximum Gasteiger partial charge on any atom is 0.255 e. The van der Waals surface area contributed by atoms with Crippen LogP contribution in [0.15, 0.2) is 48.5 Å². The van der Waals surface area contributed by atoms with E-state index in [2.05, 4.69) is 33.9 Å². The zero-order valence-corrected chi connectivity index (χ0v) is 17.6. The molecule has 0 saturated heterocycles. The number of hydrogen-bond acceptors (Lipinski definition) is 4. The van der Waals surface area contributed by atoms with Crippen LogP contribution in [-0.4, -0.2) is 27.3 Å². The van der Waals surface area contributed by atoms with Gasteiger partial charge in [0.05, 0.1) is 6.61 Å². The number of carbonyl (C=O) groups excluding carboxylic acids is 1. The highest BCUT2D eigenvalue weighted by Crippen LogP contribution is 2.24. The number of carbonyl (C=O) groups is 1. The standard InChI is InChI=1S/C24H28N4O2/c1-17(2)16-30-21-8-6-7-19(15-21)24(29)25-20-12-10-18(11-13-20)23-27-26-22-9-4-3-5-14-28(22)23/h6-8,10-13,15,17H,3-5,9,14,16H2,1-2H3,(H,25,29). The van der Waals surface area contributed by atoms with E-state index in [-0.39, 0.29) is 5.91 Å². The number of anilines is 1. The van der Waals surface area contributed by atoms with E-state index in [0.29, 0.717) is 23.8 Å². The van der Waals surface area contributed by atoms with Crippen LogP contribution in [0.5, 0.6) is 5.75 Å². The zero-order valence-electron chi connectivity index (χ0n) is 17.6. The minimum Gasteiger partial charge on any atom is -0.493 e. The molecule has 0 aliphatic carbocycles. The summed E-state index contributed by atoms with van der Waals surface area (Å²) in [7, 11) is 0. The summed E-state index contributed by atoms with van der Waals surface area (Å²) in [6.07, 6.45) is 4.55. The second kappa shape index (κ2) is 9.11. The zero-order chi connectivity index (χ0) is 20.9. The van der Waals surface area contributed by atoms with Crippen LogP contribution >= 0.6 is 0 Å². The summed E-state index contributed by atoms with van der Waals surface area (Å²) in [5, 5.41) is 11.7. The molecule has 0 saturated carbocycles.